The molecule has 2 saturated carbocycles. The van der Waals surface area contributed by atoms with Crippen LogP contribution in [-0.2, 0) is 14.3 Å². The number of fused-ring (bicyclic) bond motifs is 4. The summed E-state index contributed by atoms with van der Waals surface area (Å²) >= 11 is 0. The van der Waals surface area contributed by atoms with Crippen LogP contribution in [0.2, 0.25) is 0 Å². The number of carbonyl (C=O) groups is 1. The van der Waals surface area contributed by atoms with Gasteiger partial charge in [0.2, 0.25) is 0 Å². The first-order chi connectivity index (χ1) is 15.4. The zero-order valence-corrected chi connectivity index (χ0v) is 19.1. The molecule has 1 spiro atoms. The van der Waals surface area contributed by atoms with E-state index >= 15 is 0 Å². The van der Waals surface area contributed by atoms with Gasteiger partial charge in [-0.3, -0.25) is 4.79 Å². The van der Waals surface area contributed by atoms with E-state index in [1.165, 1.54) is 16.7 Å². The lowest BCUT2D eigenvalue weighted by molar-refractivity contribution is -0.128. The third-order valence-corrected chi connectivity index (χ3v) is 9.15. The van der Waals surface area contributed by atoms with E-state index in [4.69, 9.17) is 9.47 Å². The van der Waals surface area contributed by atoms with E-state index in [0.717, 1.165) is 56.1 Å². The van der Waals surface area contributed by atoms with Crippen molar-refractivity contribution in [2.75, 3.05) is 13.2 Å². The Bertz CT molecular complexity index is 1100. The highest BCUT2D eigenvalue weighted by atomic mass is 16.7. The van der Waals surface area contributed by atoms with Gasteiger partial charge in [0.25, 0.3) is 0 Å². The van der Waals surface area contributed by atoms with Crippen LogP contribution in [0.4, 0.5) is 0 Å². The molecule has 5 aliphatic rings. The van der Waals surface area contributed by atoms with Crippen LogP contribution >= 0.6 is 0 Å². The summed E-state index contributed by atoms with van der Waals surface area (Å²) in [5.74, 6) is 1.13. The molecule has 4 nitrogen and oxygen atoms in total. The van der Waals surface area contributed by atoms with Gasteiger partial charge in [-0.25, -0.2) is 0 Å². The maximum atomic E-state index is 13.1. The molecular weight excluding hydrogens is 398 g/mol. The molecule has 3 fully saturated rings. The van der Waals surface area contributed by atoms with Crippen LogP contribution in [0.5, 0.6) is 0 Å². The van der Waals surface area contributed by atoms with Gasteiger partial charge < -0.3 is 9.47 Å². The van der Waals surface area contributed by atoms with Gasteiger partial charge in [-0.1, -0.05) is 24.6 Å². The van der Waals surface area contributed by atoms with Gasteiger partial charge in [0.1, 0.15) is 5.78 Å². The summed E-state index contributed by atoms with van der Waals surface area (Å²) in [5, 5.41) is 9.43. The number of nitrogens with zero attached hydrogens (tertiary/aromatic N) is 1. The number of benzene rings is 1. The summed E-state index contributed by atoms with van der Waals surface area (Å²) in [4.78, 5) is 13.1. The Morgan fingerprint density at radius 2 is 1.94 bits per heavy atom. The lowest BCUT2D eigenvalue weighted by atomic mass is 9.53. The first-order valence-corrected chi connectivity index (χ1v) is 12.2. The fraction of sp³-hybridized carbons (Fsp3) is 0.571. The molecule has 4 atom stereocenters. The molecule has 1 heterocycles. The molecule has 0 aromatic heterocycles. The minimum absolute atomic E-state index is 0.226. The number of aryl methyl sites for hydroxylation is 1. The number of hydrogen-bond acceptors (Lipinski definition) is 4. The molecular formula is C28H31NO3. The zero-order valence-electron chi connectivity index (χ0n) is 19.1. The molecule has 1 aromatic carbocycles. The van der Waals surface area contributed by atoms with Crippen molar-refractivity contribution in [3.05, 3.63) is 57.7 Å². The molecule has 0 amide bonds. The van der Waals surface area contributed by atoms with Crippen molar-refractivity contribution in [1.29, 1.82) is 5.26 Å². The average molecular weight is 430 g/mol. The largest absolute Gasteiger partial charge is 0.344 e. The molecule has 1 aromatic rings. The predicted octanol–water partition coefficient (Wildman–Crippen LogP) is 5.51. The van der Waals surface area contributed by atoms with E-state index in [9.17, 15) is 10.1 Å². The standard InChI is InChI=1S/C28H31NO3/c1-17-13-18(3-4-20(17)16-29)23-15-27(2)24(7-8-25(27)30)22-6-5-19-14-28(31-11-12-32-28)10-9-21(19)26(22)23/h3-4,13-14,22-24H,5-12,15H2,1-2H3/t22?,23-,24?,27+/m1/s1. The first kappa shape index (κ1) is 20.4. The molecule has 32 heavy (non-hydrogen) atoms. The van der Waals surface area contributed by atoms with Gasteiger partial charge in [0.15, 0.2) is 5.79 Å². The lowest BCUT2D eigenvalue weighted by Crippen LogP contribution is -2.44. The Morgan fingerprint density at radius 3 is 2.69 bits per heavy atom. The maximum Gasteiger partial charge on any atom is 0.188 e. The monoisotopic (exact) mass is 429 g/mol. The fourth-order valence-corrected chi connectivity index (χ4v) is 7.58. The molecule has 0 bridgehead atoms. The highest BCUT2D eigenvalue weighted by molar-refractivity contribution is 5.87. The molecule has 0 N–H and O–H groups in total. The second kappa shape index (κ2) is 7.14. The van der Waals surface area contributed by atoms with Crippen molar-refractivity contribution in [2.45, 2.75) is 70.5 Å². The number of allylic oxidation sites excluding steroid dienone is 3. The number of ether oxygens (including phenoxy) is 2. The molecule has 166 valence electrons. The topological polar surface area (TPSA) is 59.3 Å². The fourth-order valence-electron chi connectivity index (χ4n) is 7.58. The summed E-state index contributed by atoms with van der Waals surface area (Å²) in [6, 6.07) is 8.60. The van der Waals surface area contributed by atoms with Crippen molar-refractivity contribution in [1.82, 2.24) is 0 Å². The number of carbonyl (C=O) groups excluding carboxylic acids is 1. The first-order valence-electron chi connectivity index (χ1n) is 12.2. The van der Waals surface area contributed by atoms with E-state index in [-0.39, 0.29) is 11.3 Å². The molecule has 1 aliphatic heterocycles. The van der Waals surface area contributed by atoms with Gasteiger partial charge in [-0.2, -0.15) is 5.26 Å². The molecule has 6 rings (SSSR count). The van der Waals surface area contributed by atoms with Crippen LogP contribution in [0.25, 0.3) is 0 Å². The smallest absolute Gasteiger partial charge is 0.188 e. The number of hydrogen-bond donors (Lipinski definition) is 0. The normalized spacial score (nSPS) is 35.2. The summed E-state index contributed by atoms with van der Waals surface area (Å²) in [5.41, 5.74) is 7.31. The van der Waals surface area contributed by atoms with Gasteiger partial charge in [0.05, 0.1) is 24.8 Å². The van der Waals surface area contributed by atoms with Gasteiger partial charge in [-0.05, 0) is 85.3 Å². The molecule has 2 unspecified atom stereocenters. The highest BCUT2D eigenvalue weighted by Crippen LogP contribution is 2.63. The molecule has 4 aliphatic carbocycles. The van der Waals surface area contributed by atoms with Gasteiger partial charge in [0, 0.05) is 24.2 Å². The minimum Gasteiger partial charge on any atom is -0.344 e. The Kier molecular flexibility index (Phi) is 4.55. The van der Waals surface area contributed by atoms with E-state index in [0.29, 0.717) is 30.8 Å². The Hall–Kier alpha value is -2.22. The summed E-state index contributed by atoms with van der Waals surface area (Å²) in [7, 11) is 0. The van der Waals surface area contributed by atoms with Crippen LogP contribution in [0.15, 0.2) is 41.0 Å². The second-order valence-electron chi connectivity index (χ2n) is 10.7. The Labute approximate surface area is 190 Å². The average Bonchev–Trinajstić information content (AvgIpc) is 3.36. The Balaban J connectivity index is 1.50. The number of rotatable bonds is 1. The van der Waals surface area contributed by atoms with Gasteiger partial charge in [-0.15, -0.1) is 0 Å². The SMILES string of the molecule is Cc1cc([C@H]2C[C@]3(C)C(=O)CCC3C3CCC4=CC5(CCC4=C32)OCCO5)ccc1C#N. The number of Topliss-reactive ketones (excluding diaryl/α,β-unsaturated/α-hetero) is 1. The van der Waals surface area contributed by atoms with E-state index in [1.807, 2.05) is 13.0 Å². The van der Waals surface area contributed by atoms with Crippen molar-refractivity contribution in [3.63, 3.8) is 0 Å². The molecule has 0 radical (unpaired) electrons. The third-order valence-electron chi connectivity index (χ3n) is 9.15. The lowest BCUT2D eigenvalue weighted by Gasteiger charge is -2.51. The summed E-state index contributed by atoms with van der Waals surface area (Å²) < 4.78 is 12.0. The van der Waals surface area contributed by atoms with Crippen molar-refractivity contribution >= 4 is 5.78 Å². The summed E-state index contributed by atoms with van der Waals surface area (Å²) in [6.45, 7) is 5.61. The van der Waals surface area contributed by atoms with Crippen LogP contribution in [0.3, 0.4) is 0 Å². The molecule has 1 saturated heterocycles. The minimum atomic E-state index is -0.515. The van der Waals surface area contributed by atoms with Crippen molar-refractivity contribution < 1.29 is 14.3 Å². The second-order valence-corrected chi connectivity index (χ2v) is 10.7. The highest BCUT2D eigenvalue weighted by Gasteiger charge is 2.57. The van der Waals surface area contributed by atoms with Crippen molar-refractivity contribution in [2.24, 2.45) is 17.3 Å². The number of ketones is 1. The van der Waals surface area contributed by atoms with Crippen LogP contribution < -0.4 is 0 Å². The van der Waals surface area contributed by atoms with Crippen molar-refractivity contribution in [3.8, 4) is 6.07 Å². The maximum absolute atomic E-state index is 13.1. The van der Waals surface area contributed by atoms with Crippen LogP contribution in [0, 0.1) is 35.5 Å². The van der Waals surface area contributed by atoms with E-state index < -0.39 is 5.79 Å². The van der Waals surface area contributed by atoms with E-state index in [2.05, 4.69) is 31.2 Å². The van der Waals surface area contributed by atoms with Gasteiger partial charge >= 0.3 is 0 Å². The summed E-state index contributed by atoms with van der Waals surface area (Å²) in [6.07, 6.45) is 8.96. The zero-order chi connectivity index (χ0) is 22.1. The number of nitriles is 1. The predicted molar refractivity (Wildman–Crippen MR) is 121 cm³/mol. The molecule has 4 heteroatoms. The Morgan fingerprint density at radius 1 is 1.12 bits per heavy atom. The third kappa shape index (κ3) is 2.84. The van der Waals surface area contributed by atoms with Crippen LogP contribution in [-0.4, -0.2) is 24.8 Å². The quantitative estimate of drug-likeness (QED) is 0.591. The van der Waals surface area contributed by atoms with Crippen LogP contribution in [0.1, 0.15) is 74.5 Å². The van der Waals surface area contributed by atoms with E-state index in [1.54, 1.807) is 5.57 Å².